The molecule has 0 unspecified atom stereocenters. The van der Waals surface area contributed by atoms with Crippen LogP contribution in [0.3, 0.4) is 0 Å². The van der Waals surface area contributed by atoms with Crippen molar-refractivity contribution < 1.29 is 34.4 Å². The molecule has 5 heteroatoms. The number of carbonyl (C=O) groups is 1. The first kappa shape index (κ1) is 40.1. The Balaban J connectivity index is 0.000000285. The van der Waals surface area contributed by atoms with E-state index in [-0.39, 0.29) is 50.9 Å². The molecule has 0 aliphatic heterocycles. The number of aliphatic hydroxyl groups is 1. The topological polar surface area (TPSA) is 63.3 Å². The first-order valence-electron chi connectivity index (χ1n) is 18.5. The van der Waals surface area contributed by atoms with Gasteiger partial charge in [-0.2, -0.15) is 0 Å². The molecule has 10 bridgehead atoms. The monoisotopic (exact) mass is 890 g/mol. The van der Waals surface area contributed by atoms with Crippen LogP contribution in [0.4, 0.5) is 0 Å². The Morgan fingerprint density at radius 3 is 1.83 bits per heavy atom. The van der Waals surface area contributed by atoms with Gasteiger partial charge in [0.05, 0.1) is 12.0 Å². The third-order valence-corrected chi connectivity index (χ3v) is 10.5. The SMILES string of the molecule is CCC(CC)C(=O)/C=C(\O)C(CC)CC.[CH3-].[Ir].[c-]1ccc2cc1c1cc3c(cn1)oc1cccc(c4ccc(cc4)c4cccc(c4)c4cccc2c4)c13. The zero-order valence-electron chi connectivity index (χ0n) is 31.7. The van der Waals surface area contributed by atoms with Gasteiger partial charge in [0.15, 0.2) is 11.4 Å². The minimum Gasteiger partial charge on any atom is -0.512 e. The zero-order chi connectivity index (χ0) is 36.2. The van der Waals surface area contributed by atoms with Crippen LogP contribution in [0.2, 0.25) is 0 Å². The van der Waals surface area contributed by atoms with Gasteiger partial charge in [-0.3, -0.25) is 4.79 Å². The van der Waals surface area contributed by atoms with E-state index in [1.807, 2.05) is 46.0 Å². The average Bonchev–Trinajstić information content (AvgIpc) is 3.57. The zero-order valence-corrected chi connectivity index (χ0v) is 34.0. The fourth-order valence-corrected chi connectivity index (χ4v) is 7.29. The molecular formula is C49H47IrNO3-2. The van der Waals surface area contributed by atoms with E-state index in [1.54, 1.807) is 0 Å². The average molecular weight is 890 g/mol. The van der Waals surface area contributed by atoms with E-state index in [0.29, 0.717) is 0 Å². The van der Waals surface area contributed by atoms with Crippen LogP contribution in [0.25, 0.3) is 75.9 Å². The van der Waals surface area contributed by atoms with Crippen molar-refractivity contribution in [3.63, 3.8) is 0 Å². The largest absolute Gasteiger partial charge is 0.512 e. The first-order chi connectivity index (χ1) is 25.4. The predicted octanol–water partition coefficient (Wildman–Crippen LogP) is 14.0. The maximum Gasteiger partial charge on any atom is 0.162 e. The van der Waals surface area contributed by atoms with Gasteiger partial charge in [-0.25, -0.2) is 0 Å². The molecule has 9 aromatic rings. The Morgan fingerprint density at radius 2 is 1.22 bits per heavy atom. The van der Waals surface area contributed by atoms with Crippen molar-refractivity contribution in [2.45, 2.75) is 53.4 Å². The van der Waals surface area contributed by atoms with Crippen molar-refractivity contribution in [1.29, 1.82) is 0 Å². The van der Waals surface area contributed by atoms with Gasteiger partial charge < -0.3 is 21.9 Å². The van der Waals surface area contributed by atoms with Crippen LogP contribution in [0.5, 0.6) is 0 Å². The molecule has 0 aliphatic carbocycles. The maximum absolute atomic E-state index is 11.7. The second-order valence-electron chi connectivity index (χ2n) is 13.6. The molecule has 0 atom stereocenters. The van der Waals surface area contributed by atoms with E-state index in [1.165, 1.54) is 33.0 Å². The molecule has 0 amide bonds. The number of hydrogen-bond donors (Lipinski definition) is 1. The third-order valence-electron chi connectivity index (χ3n) is 10.5. The van der Waals surface area contributed by atoms with Crippen molar-refractivity contribution in [2.24, 2.45) is 11.8 Å². The number of aliphatic hydroxyl groups excluding tert-OH is 1. The van der Waals surface area contributed by atoms with Crippen LogP contribution in [0.15, 0.2) is 138 Å². The molecule has 7 aromatic carbocycles. The minimum atomic E-state index is 0. The summed E-state index contributed by atoms with van der Waals surface area (Å²) in [5.74, 6) is 0.547. The molecule has 0 spiro atoms. The predicted molar refractivity (Wildman–Crippen MR) is 226 cm³/mol. The van der Waals surface area contributed by atoms with Crippen LogP contribution >= 0.6 is 0 Å². The Hall–Kier alpha value is -5.09. The molecular weight excluding hydrogens is 843 g/mol. The summed E-state index contributed by atoms with van der Waals surface area (Å²) in [6.45, 7) is 8.07. The maximum atomic E-state index is 11.7. The van der Waals surface area contributed by atoms with Crippen molar-refractivity contribution >= 4 is 81.7 Å². The van der Waals surface area contributed by atoms with Crippen molar-refractivity contribution in [2.75, 3.05) is 0 Å². The van der Waals surface area contributed by atoms with Gasteiger partial charge in [-0.15, -0.1) is 35.0 Å². The van der Waals surface area contributed by atoms with E-state index in [2.05, 4.69) is 109 Å². The standard InChI is InChI=1S/C35H20NO.C13H24O2.CH3.Ir/c1-5-24-17-25(6-1)26-7-2-8-27(18-26)28-9-3-10-29(19-28)32-20-31-34(21-36-32)37-33-12-4-11-30(35(31)33)23-15-13-22(24)14-16-23;1-5-10(6-2)12(14)9-13(15)11(7-3)8-4;;/h1-9,11-21H;9-11,14H,5-8H2,1-4H3;1H3;/q-1;;-1;/b;12-9-;;. The van der Waals surface area contributed by atoms with E-state index in [0.717, 1.165) is 74.7 Å². The Kier molecular flexibility index (Phi) is 13.2. The van der Waals surface area contributed by atoms with E-state index < -0.39 is 0 Å². The molecule has 0 fully saturated rings. The molecule has 0 aliphatic rings. The number of ketones is 1. The number of allylic oxidation sites excluding steroid dienone is 2. The first-order valence-corrected chi connectivity index (χ1v) is 18.5. The van der Waals surface area contributed by atoms with Gasteiger partial charge in [0.25, 0.3) is 0 Å². The van der Waals surface area contributed by atoms with Gasteiger partial charge in [0.2, 0.25) is 0 Å². The number of pyridine rings is 1. The number of furan rings is 1. The van der Waals surface area contributed by atoms with E-state index in [9.17, 15) is 9.90 Å². The van der Waals surface area contributed by atoms with Gasteiger partial charge in [-0.05, 0) is 87.1 Å². The second-order valence-corrected chi connectivity index (χ2v) is 13.6. The number of hydrogen-bond acceptors (Lipinski definition) is 4. The quantitative estimate of drug-likeness (QED) is 0.0984. The number of rotatable bonds is 7. The Morgan fingerprint density at radius 1 is 0.667 bits per heavy atom. The summed E-state index contributed by atoms with van der Waals surface area (Å²) in [5.41, 5.74) is 2.54. The summed E-state index contributed by atoms with van der Waals surface area (Å²) in [7, 11) is 0. The Bertz CT molecular complexity index is 2660. The molecule has 9 rings (SSSR count). The van der Waals surface area contributed by atoms with Crippen LogP contribution in [-0.4, -0.2) is 15.9 Å². The molecule has 277 valence electrons. The molecule has 0 saturated heterocycles. The minimum absolute atomic E-state index is 0. The second kappa shape index (κ2) is 17.8. The number of carbonyl (C=O) groups excluding carboxylic acids is 1. The molecule has 4 nitrogen and oxygen atoms in total. The van der Waals surface area contributed by atoms with Crippen LogP contribution in [0, 0.1) is 25.3 Å². The molecule has 54 heavy (non-hydrogen) atoms. The molecule has 1 radical (unpaired) electrons. The molecule has 2 heterocycles. The molecule has 2 aromatic heterocycles. The fraction of sp³-hybridized carbons (Fsp3) is 0.204. The normalized spacial score (nSPS) is 11.6. The molecule has 1 N–H and O–H groups in total. The summed E-state index contributed by atoms with van der Waals surface area (Å²) in [5, 5.41) is 22.3. The Labute approximate surface area is 331 Å². The summed E-state index contributed by atoms with van der Waals surface area (Å²) >= 11 is 0. The number of aromatic nitrogens is 1. The van der Waals surface area contributed by atoms with Gasteiger partial charge in [0, 0.05) is 48.8 Å². The molecule has 0 saturated carbocycles. The number of nitrogens with zero attached hydrogens (tertiary/aromatic N) is 1. The number of benzene rings is 5. The smallest absolute Gasteiger partial charge is 0.162 e. The summed E-state index contributed by atoms with van der Waals surface area (Å²) < 4.78 is 6.22. The third kappa shape index (κ3) is 8.18. The fourth-order valence-electron chi connectivity index (χ4n) is 7.29. The van der Waals surface area contributed by atoms with Crippen LogP contribution < -0.4 is 0 Å². The summed E-state index contributed by atoms with van der Waals surface area (Å²) in [6.07, 6.45) is 6.74. The number of fused-ring (bicyclic) bond motifs is 2. The van der Waals surface area contributed by atoms with Gasteiger partial charge in [0.1, 0.15) is 5.58 Å². The summed E-state index contributed by atoms with van der Waals surface area (Å²) in [4.78, 5) is 16.5. The van der Waals surface area contributed by atoms with Crippen LogP contribution in [0.1, 0.15) is 53.4 Å². The van der Waals surface area contributed by atoms with Crippen molar-refractivity contribution in [3.8, 4) is 0 Å². The van der Waals surface area contributed by atoms with Gasteiger partial charge >= 0.3 is 0 Å². The van der Waals surface area contributed by atoms with E-state index >= 15 is 0 Å². The van der Waals surface area contributed by atoms with Gasteiger partial charge in [-0.1, -0.05) is 107 Å². The summed E-state index contributed by atoms with van der Waals surface area (Å²) in [6, 6.07) is 44.4. The van der Waals surface area contributed by atoms with Crippen LogP contribution in [-0.2, 0) is 24.9 Å². The van der Waals surface area contributed by atoms with E-state index in [4.69, 9.17) is 9.40 Å². The van der Waals surface area contributed by atoms with Crippen molar-refractivity contribution in [3.05, 3.63) is 147 Å². The van der Waals surface area contributed by atoms with Crippen molar-refractivity contribution in [1.82, 2.24) is 4.98 Å².